The molecule has 0 amide bonds. The Morgan fingerprint density at radius 3 is 2.70 bits per heavy atom. The van der Waals surface area contributed by atoms with Gasteiger partial charge in [-0.15, -0.1) is 11.3 Å². The van der Waals surface area contributed by atoms with Crippen molar-refractivity contribution in [1.82, 2.24) is 4.98 Å². The van der Waals surface area contributed by atoms with Gasteiger partial charge in [-0.1, -0.05) is 0 Å². The summed E-state index contributed by atoms with van der Waals surface area (Å²) in [6.45, 7) is 1.32. The number of thiazole rings is 1. The van der Waals surface area contributed by atoms with Gasteiger partial charge in [0.25, 0.3) is 0 Å². The Morgan fingerprint density at radius 1 is 1.45 bits per heavy atom. The first-order valence-electron chi connectivity index (χ1n) is 5.46. The molecule has 20 heavy (non-hydrogen) atoms. The molecule has 0 saturated heterocycles. The maximum atomic E-state index is 13.6. The van der Waals surface area contributed by atoms with Crippen LogP contribution in [0.15, 0.2) is 28.6 Å². The van der Waals surface area contributed by atoms with E-state index in [1.165, 1.54) is 24.5 Å². The highest BCUT2D eigenvalue weighted by Crippen LogP contribution is 2.23. The van der Waals surface area contributed by atoms with Gasteiger partial charge in [0.1, 0.15) is 16.6 Å². The van der Waals surface area contributed by atoms with Crippen molar-refractivity contribution in [2.45, 2.75) is 17.6 Å². The summed E-state index contributed by atoms with van der Waals surface area (Å²) in [5.41, 5.74) is -0.676. The molecule has 0 aliphatic heterocycles. The third-order valence-corrected chi connectivity index (χ3v) is 5.18. The molecule has 1 heterocycles. The van der Waals surface area contributed by atoms with E-state index in [-0.39, 0.29) is 16.2 Å². The number of halogens is 1. The molecule has 0 saturated carbocycles. The largest absolute Gasteiger partial charge is 0.478 e. The molecule has 0 spiro atoms. The summed E-state index contributed by atoms with van der Waals surface area (Å²) in [6.07, 6.45) is 1.48. The summed E-state index contributed by atoms with van der Waals surface area (Å²) in [5, 5.41) is 10.9. The van der Waals surface area contributed by atoms with Gasteiger partial charge in [0.15, 0.2) is 9.84 Å². The van der Waals surface area contributed by atoms with E-state index in [9.17, 15) is 17.6 Å². The summed E-state index contributed by atoms with van der Waals surface area (Å²) in [7, 11) is -3.76. The number of carboxylic acids is 1. The molecular weight excluding hydrogens is 305 g/mol. The molecule has 0 bridgehead atoms. The monoisotopic (exact) mass is 315 g/mol. The molecular formula is C12H10FNO4S2. The second-order valence-corrected chi connectivity index (χ2v) is 7.06. The highest BCUT2D eigenvalue weighted by atomic mass is 32.2. The Hall–Kier alpha value is -1.80. The van der Waals surface area contributed by atoms with Gasteiger partial charge in [0.05, 0.1) is 10.5 Å². The van der Waals surface area contributed by atoms with Crippen molar-refractivity contribution in [3.8, 4) is 0 Å². The van der Waals surface area contributed by atoms with Crippen LogP contribution in [-0.2, 0) is 15.6 Å². The van der Waals surface area contributed by atoms with Crippen molar-refractivity contribution >= 4 is 27.1 Å². The Labute approximate surface area is 118 Å². The lowest BCUT2D eigenvalue weighted by Gasteiger charge is -2.07. The Morgan fingerprint density at radius 2 is 2.15 bits per heavy atom. The molecule has 5 nitrogen and oxygen atoms in total. The van der Waals surface area contributed by atoms with Crippen LogP contribution < -0.4 is 0 Å². The fourth-order valence-corrected chi connectivity index (χ4v) is 4.00. The normalized spacial score (nSPS) is 11.5. The van der Waals surface area contributed by atoms with Gasteiger partial charge in [-0.2, -0.15) is 0 Å². The summed E-state index contributed by atoms with van der Waals surface area (Å²) >= 11 is 1.18. The SMILES string of the molecule is Cc1cc(S(=O)(=O)Cc2nccs2)cc(C(=O)O)c1F. The molecule has 0 fully saturated rings. The second kappa shape index (κ2) is 5.29. The smallest absolute Gasteiger partial charge is 0.338 e. The summed E-state index contributed by atoms with van der Waals surface area (Å²) in [6, 6.07) is 1.97. The van der Waals surface area contributed by atoms with Gasteiger partial charge in [-0.05, 0) is 24.6 Å². The van der Waals surface area contributed by atoms with Gasteiger partial charge in [0.2, 0.25) is 0 Å². The maximum Gasteiger partial charge on any atom is 0.338 e. The lowest BCUT2D eigenvalue weighted by Crippen LogP contribution is -2.09. The van der Waals surface area contributed by atoms with E-state index in [1.54, 1.807) is 5.38 Å². The molecule has 2 aromatic rings. The Balaban J connectivity index is 2.49. The number of sulfone groups is 1. The molecule has 0 unspecified atom stereocenters. The van der Waals surface area contributed by atoms with Crippen LogP contribution in [0, 0.1) is 12.7 Å². The predicted octanol–water partition coefficient (Wildman–Crippen LogP) is 2.26. The number of carboxylic acid groups (broad SMARTS) is 1. The number of carbonyl (C=O) groups is 1. The minimum absolute atomic E-state index is 0.0254. The van der Waals surface area contributed by atoms with Gasteiger partial charge >= 0.3 is 5.97 Å². The molecule has 2 rings (SSSR count). The summed E-state index contributed by atoms with van der Waals surface area (Å²) < 4.78 is 38.0. The van der Waals surface area contributed by atoms with Crippen LogP contribution in [0.1, 0.15) is 20.9 Å². The first-order valence-corrected chi connectivity index (χ1v) is 7.99. The Kier molecular flexibility index (Phi) is 3.87. The van der Waals surface area contributed by atoms with Crippen LogP contribution in [0.2, 0.25) is 0 Å². The van der Waals surface area contributed by atoms with Crippen molar-refractivity contribution < 1.29 is 22.7 Å². The summed E-state index contributed by atoms with van der Waals surface area (Å²) in [4.78, 5) is 14.6. The van der Waals surface area contributed by atoms with Gasteiger partial charge < -0.3 is 5.11 Å². The number of hydrogen-bond donors (Lipinski definition) is 1. The van der Waals surface area contributed by atoms with E-state index in [0.29, 0.717) is 5.01 Å². The highest BCUT2D eigenvalue weighted by molar-refractivity contribution is 7.90. The van der Waals surface area contributed by atoms with Gasteiger partial charge in [0, 0.05) is 11.6 Å². The lowest BCUT2D eigenvalue weighted by molar-refractivity contribution is 0.0691. The van der Waals surface area contributed by atoms with Crippen molar-refractivity contribution in [2.24, 2.45) is 0 Å². The quantitative estimate of drug-likeness (QED) is 0.875. The van der Waals surface area contributed by atoms with Crippen molar-refractivity contribution in [2.75, 3.05) is 0 Å². The van der Waals surface area contributed by atoms with Gasteiger partial charge in [-0.25, -0.2) is 22.6 Å². The van der Waals surface area contributed by atoms with Crippen LogP contribution in [0.5, 0.6) is 0 Å². The highest BCUT2D eigenvalue weighted by Gasteiger charge is 2.22. The van der Waals surface area contributed by atoms with Crippen LogP contribution in [0.4, 0.5) is 4.39 Å². The van der Waals surface area contributed by atoms with E-state index in [1.807, 2.05) is 0 Å². The summed E-state index contributed by atoms with van der Waals surface area (Å²) in [5.74, 6) is -2.77. The third-order valence-electron chi connectivity index (χ3n) is 2.61. The van der Waals surface area contributed by atoms with E-state index >= 15 is 0 Å². The topological polar surface area (TPSA) is 84.3 Å². The average Bonchev–Trinajstić information content (AvgIpc) is 2.83. The van der Waals surface area contributed by atoms with Crippen LogP contribution >= 0.6 is 11.3 Å². The third kappa shape index (κ3) is 2.86. The number of hydrogen-bond acceptors (Lipinski definition) is 5. The molecule has 0 radical (unpaired) electrons. The van der Waals surface area contributed by atoms with Crippen LogP contribution in [0.3, 0.4) is 0 Å². The zero-order valence-electron chi connectivity index (χ0n) is 10.3. The standard InChI is InChI=1S/C12H10FNO4S2/c1-7-4-8(5-9(11(7)13)12(15)16)20(17,18)6-10-14-2-3-19-10/h2-5H,6H2,1H3,(H,15,16). The van der Waals surface area contributed by atoms with Crippen molar-refractivity contribution in [1.29, 1.82) is 0 Å². The molecule has 1 aromatic heterocycles. The zero-order chi connectivity index (χ0) is 14.9. The van der Waals surface area contributed by atoms with Gasteiger partial charge in [-0.3, -0.25) is 0 Å². The molecule has 1 aromatic carbocycles. The number of rotatable bonds is 4. The van der Waals surface area contributed by atoms with E-state index in [2.05, 4.69) is 4.98 Å². The molecule has 106 valence electrons. The first-order chi connectivity index (χ1) is 9.31. The number of nitrogens with zero attached hydrogens (tertiary/aromatic N) is 1. The average molecular weight is 315 g/mol. The van der Waals surface area contributed by atoms with Crippen LogP contribution in [0.25, 0.3) is 0 Å². The lowest BCUT2D eigenvalue weighted by atomic mass is 10.1. The molecule has 0 atom stereocenters. The number of aryl methyl sites for hydroxylation is 1. The second-order valence-electron chi connectivity index (χ2n) is 4.09. The minimum Gasteiger partial charge on any atom is -0.478 e. The molecule has 8 heteroatoms. The van der Waals surface area contributed by atoms with E-state index in [4.69, 9.17) is 5.11 Å². The van der Waals surface area contributed by atoms with Crippen LogP contribution in [-0.4, -0.2) is 24.5 Å². The zero-order valence-corrected chi connectivity index (χ0v) is 12.0. The van der Waals surface area contributed by atoms with E-state index < -0.39 is 27.2 Å². The maximum absolute atomic E-state index is 13.6. The van der Waals surface area contributed by atoms with E-state index in [0.717, 1.165) is 12.1 Å². The number of aromatic nitrogens is 1. The number of benzene rings is 1. The minimum atomic E-state index is -3.76. The first kappa shape index (κ1) is 14.6. The van der Waals surface area contributed by atoms with Crippen molar-refractivity contribution in [3.05, 3.63) is 45.7 Å². The predicted molar refractivity (Wildman–Crippen MR) is 71.1 cm³/mol. The number of aromatic carboxylic acids is 1. The molecule has 0 aliphatic rings. The fourth-order valence-electron chi connectivity index (χ4n) is 1.64. The molecule has 0 aliphatic carbocycles. The van der Waals surface area contributed by atoms with Crippen molar-refractivity contribution in [3.63, 3.8) is 0 Å². The fraction of sp³-hybridized carbons (Fsp3) is 0.167. The Bertz CT molecular complexity index is 754. The molecule has 1 N–H and O–H groups in total.